The maximum Gasteiger partial charge on any atom is 0.0958 e. The van der Waals surface area contributed by atoms with Crippen LogP contribution < -0.4 is 11.3 Å². The lowest BCUT2D eigenvalue weighted by atomic mass is 10.2. The molecule has 7 heteroatoms. The minimum Gasteiger partial charge on any atom is -0.329 e. The average Bonchev–Trinajstić information content (AvgIpc) is 3.08. The molecule has 0 radical (unpaired) electrons. The van der Waals surface area contributed by atoms with Gasteiger partial charge in [-0.1, -0.05) is 12.1 Å². The van der Waals surface area contributed by atoms with E-state index in [0.29, 0.717) is 6.54 Å². The molecule has 2 heterocycles. The zero-order valence-electron chi connectivity index (χ0n) is 11.7. The summed E-state index contributed by atoms with van der Waals surface area (Å²) in [6.45, 7) is 3.54. The number of hydrogen-bond donors (Lipinski definition) is 2. The number of benzene rings is 1. The van der Waals surface area contributed by atoms with Gasteiger partial charge in [0.2, 0.25) is 0 Å². The predicted octanol–water partition coefficient (Wildman–Crippen LogP) is 2.22. The molecule has 1 aromatic carbocycles. The van der Waals surface area contributed by atoms with Gasteiger partial charge in [0.05, 0.1) is 39.8 Å². The van der Waals surface area contributed by atoms with Crippen molar-refractivity contribution in [2.24, 2.45) is 5.84 Å². The fourth-order valence-electron chi connectivity index (χ4n) is 2.54. The number of nitrogens with two attached hydrogens (primary N) is 1. The van der Waals surface area contributed by atoms with E-state index in [2.05, 4.69) is 49.0 Å². The molecule has 6 nitrogen and oxygen atoms in total. The molecule has 2 aromatic heterocycles. The molecule has 0 bridgehead atoms. The van der Waals surface area contributed by atoms with Crippen molar-refractivity contribution in [3.63, 3.8) is 0 Å². The van der Waals surface area contributed by atoms with Crippen LogP contribution in [0.2, 0.25) is 0 Å². The Balaban J connectivity index is 1.96. The summed E-state index contributed by atoms with van der Waals surface area (Å²) in [5, 5.41) is 4.34. The van der Waals surface area contributed by atoms with Gasteiger partial charge in [-0.2, -0.15) is 5.10 Å². The van der Waals surface area contributed by atoms with Crippen molar-refractivity contribution >= 4 is 27.0 Å². The summed E-state index contributed by atoms with van der Waals surface area (Å²) in [4.78, 5) is 4.41. The van der Waals surface area contributed by atoms with E-state index in [1.807, 2.05) is 29.2 Å². The lowest BCUT2D eigenvalue weighted by Gasteiger charge is -2.19. The quantitative estimate of drug-likeness (QED) is 0.547. The van der Waals surface area contributed by atoms with Crippen molar-refractivity contribution in [2.75, 3.05) is 0 Å². The average molecular weight is 349 g/mol. The third-order valence-corrected chi connectivity index (χ3v) is 4.18. The molecule has 0 aliphatic rings. The molecule has 0 aliphatic carbocycles. The molecule has 0 saturated heterocycles. The van der Waals surface area contributed by atoms with Crippen LogP contribution in [0.3, 0.4) is 0 Å². The van der Waals surface area contributed by atoms with E-state index in [1.54, 1.807) is 6.20 Å². The molecule has 0 amide bonds. The molecule has 0 spiro atoms. The Labute approximate surface area is 131 Å². The highest BCUT2D eigenvalue weighted by Crippen LogP contribution is 2.25. The largest absolute Gasteiger partial charge is 0.329 e. The Kier molecular flexibility index (Phi) is 4.05. The van der Waals surface area contributed by atoms with Crippen molar-refractivity contribution in [2.45, 2.75) is 26.1 Å². The molecule has 21 heavy (non-hydrogen) atoms. The molecule has 3 aromatic rings. The monoisotopic (exact) mass is 348 g/mol. The number of halogens is 1. The van der Waals surface area contributed by atoms with Crippen LogP contribution in [0, 0.1) is 0 Å². The zero-order valence-corrected chi connectivity index (χ0v) is 13.3. The van der Waals surface area contributed by atoms with Gasteiger partial charge in [0.1, 0.15) is 0 Å². The van der Waals surface area contributed by atoms with E-state index in [9.17, 15) is 0 Å². The normalized spacial score (nSPS) is 12.9. The summed E-state index contributed by atoms with van der Waals surface area (Å²) >= 11 is 3.55. The van der Waals surface area contributed by atoms with E-state index in [1.165, 1.54) is 0 Å². The number of aromatic nitrogens is 4. The summed E-state index contributed by atoms with van der Waals surface area (Å²) in [6, 6.07) is 8.00. The van der Waals surface area contributed by atoms with Gasteiger partial charge in [0.15, 0.2) is 0 Å². The maximum atomic E-state index is 5.77. The molecule has 1 unspecified atom stereocenters. The van der Waals surface area contributed by atoms with Crippen molar-refractivity contribution in [1.29, 1.82) is 0 Å². The number of rotatable bonds is 5. The predicted molar refractivity (Wildman–Crippen MR) is 85.4 cm³/mol. The number of aryl methyl sites for hydroxylation is 1. The number of hydrazine groups is 1. The summed E-state index contributed by atoms with van der Waals surface area (Å²) in [6.07, 6.45) is 3.64. The summed E-state index contributed by atoms with van der Waals surface area (Å²) in [5.41, 5.74) is 6.00. The summed E-state index contributed by atoms with van der Waals surface area (Å²) < 4.78 is 4.99. The Morgan fingerprint density at radius 1 is 1.38 bits per heavy atom. The Morgan fingerprint density at radius 3 is 2.95 bits per heavy atom. The minimum atomic E-state index is -0.0561. The van der Waals surface area contributed by atoms with Crippen molar-refractivity contribution < 1.29 is 0 Å². The lowest BCUT2D eigenvalue weighted by Crippen LogP contribution is -2.33. The van der Waals surface area contributed by atoms with Gasteiger partial charge < -0.3 is 4.57 Å². The van der Waals surface area contributed by atoms with Crippen LogP contribution in [0.15, 0.2) is 41.3 Å². The van der Waals surface area contributed by atoms with E-state index >= 15 is 0 Å². The highest BCUT2D eigenvalue weighted by atomic mass is 79.9. The van der Waals surface area contributed by atoms with E-state index in [0.717, 1.165) is 27.7 Å². The number of para-hydroxylation sites is 2. The molecule has 3 N–H and O–H groups in total. The Hall–Kier alpha value is -1.70. The first-order valence-electron chi connectivity index (χ1n) is 6.81. The Morgan fingerprint density at radius 2 is 2.19 bits per heavy atom. The molecular weight excluding hydrogens is 332 g/mol. The van der Waals surface area contributed by atoms with Gasteiger partial charge in [0, 0.05) is 13.1 Å². The minimum absolute atomic E-state index is 0.0561. The zero-order chi connectivity index (χ0) is 14.8. The summed E-state index contributed by atoms with van der Waals surface area (Å²) in [5.74, 6) is 5.77. The van der Waals surface area contributed by atoms with Crippen LogP contribution in [0.5, 0.6) is 0 Å². The second kappa shape index (κ2) is 5.97. The topological polar surface area (TPSA) is 73.7 Å². The van der Waals surface area contributed by atoms with Crippen LogP contribution in [0.1, 0.15) is 18.7 Å². The lowest BCUT2D eigenvalue weighted by molar-refractivity contribution is 0.440. The number of nitrogens with zero attached hydrogens (tertiary/aromatic N) is 4. The van der Waals surface area contributed by atoms with Gasteiger partial charge in [-0.3, -0.25) is 10.5 Å². The number of nitrogens with one attached hydrogen (secondary N) is 1. The first-order valence-corrected chi connectivity index (χ1v) is 7.61. The third-order valence-electron chi connectivity index (χ3n) is 3.57. The molecular formula is C14H17BrN6. The molecule has 3 rings (SSSR count). The first-order chi connectivity index (χ1) is 10.2. The van der Waals surface area contributed by atoms with E-state index < -0.39 is 0 Å². The fraction of sp³-hybridized carbons (Fsp3) is 0.286. The number of imidazole rings is 1. The smallest absolute Gasteiger partial charge is 0.0958 e. The van der Waals surface area contributed by atoms with E-state index in [-0.39, 0.29) is 6.04 Å². The fourth-order valence-corrected chi connectivity index (χ4v) is 3.11. The number of hydrogen-bond acceptors (Lipinski definition) is 4. The number of fused-ring (bicyclic) bond motifs is 1. The molecule has 0 saturated carbocycles. The highest BCUT2D eigenvalue weighted by molar-refractivity contribution is 9.10. The Bertz CT molecular complexity index is 747. The van der Waals surface area contributed by atoms with Crippen molar-refractivity contribution in [3.8, 4) is 0 Å². The highest BCUT2D eigenvalue weighted by Gasteiger charge is 2.19. The summed E-state index contributed by atoms with van der Waals surface area (Å²) in [7, 11) is 0. The second-order valence-electron chi connectivity index (χ2n) is 4.80. The SMILES string of the molecule is CCn1ncc(Br)c1C(Cn1cnc2ccccc21)NN. The standard InChI is InChI=1S/C14H17BrN6/c1-2-21-14(10(15)7-18-21)12(19-16)8-20-9-17-11-5-3-4-6-13(11)20/h3-7,9,12,19H,2,8,16H2,1H3. The van der Waals surface area contributed by atoms with Gasteiger partial charge >= 0.3 is 0 Å². The van der Waals surface area contributed by atoms with Crippen LogP contribution in [-0.2, 0) is 13.1 Å². The van der Waals surface area contributed by atoms with Gasteiger partial charge in [-0.15, -0.1) is 0 Å². The van der Waals surface area contributed by atoms with Crippen molar-refractivity contribution in [3.05, 3.63) is 47.0 Å². The molecule has 1 atom stereocenters. The molecule has 110 valence electrons. The van der Waals surface area contributed by atoms with Crippen LogP contribution in [0.4, 0.5) is 0 Å². The van der Waals surface area contributed by atoms with Gasteiger partial charge in [0.25, 0.3) is 0 Å². The van der Waals surface area contributed by atoms with Gasteiger partial charge in [-0.25, -0.2) is 10.4 Å². The van der Waals surface area contributed by atoms with Crippen LogP contribution >= 0.6 is 15.9 Å². The second-order valence-corrected chi connectivity index (χ2v) is 5.65. The van der Waals surface area contributed by atoms with E-state index in [4.69, 9.17) is 5.84 Å². The molecule has 0 fully saturated rings. The van der Waals surface area contributed by atoms with Crippen LogP contribution in [0.25, 0.3) is 11.0 Å². The first kappa shape index (κ1) is 14.2. The molecule has 0 aliphatic heterocycles. The van der Waals surface area contributed by atoms with Crippen molar-refractivity contribution in [1.82, 2.24) is 24.8 Å². The van der Waals surface area contributed by atoms with Gasteiger partial charge in [-0.05, 0) is 35.0 Å². The maximum absolute atomic E-state index is 5.77. The van der Waals surface area contributed by atoms with Crippen LogP contribution in [-0.4, -0.2) is 19.3 Å². The third kappa shape index (κ3) is 2.59.